The van der Waals surface area contributed by atoms with E-state index in [9.17, 15) is 4.79 Å². The van der Waals surface area contributed by atoms with Crippen LogP contribution in [0.3, 0.4) is 0 Å². The highest BCUT2D eigenvalue weighted by Gasteiger charge is 2.22. The van der Waals surface area contributed by atoms with Crippen molar-refractivity contribution in [3.05, 3.63) is 76.2 Å². The monoisotopic (exact) mass is 417 g/mol. The van der Waals surface area contributed by atoms with Gasteiger partial charge in [0, 0.05) is 24.8 Å². The van der Waals surface area contributed by atoms with E-state index in [1.54, 1.807) is 4.68 Å². The topological polar surface area (TPSA) is 54.6 Å². The molecule has 0 saturated carbocycles. The second-order valence-electron chi connectivity index (χ2n) is 8.44. The van der Waals surface area contributed by atoms with Crippen molar-refractivity contribution in [1.29, 1.82) is 0 Å². The van der Waals surface area contributed by atoms with Crippen LogP contribution < -0.4 is 10.9 Å². The minimum atomic E-state index is -0.0649. The molecule has 3 aromatic rings. The zero-order chi connectivity index (χ0) is 22.0. The minimum Gasteiger partial charge on any atom is -0.349 e. The Morgan fingerprint density at radius 2 is 1.65 bits per heavy atom. The lowest BCUT2D eigenvalue weighted by Gasteiger charge is -2.36. The molecule has 4 rings (SSSR count). The number of benzene rings is 2. The third-order valence-electron chi connectivity index (χ3n) is 6.22. The minimum absolute atomic E-state index is 0.0649. The second kappa shape index (κ2) is 8.84. The smallest absolute Gasteiger partial charge is 0.295 e. The highest BCUT2D eigenvalue weighted by molar-refractivity contribution is 5.80. The van der Waals surface area contributed by atoms with Crippen LogP contribution in [0.1, 0.15) is 44.4 Å². The Bertz CT molecular complexity index is 1100. The van der Waals surface area contributed by atoms with Crippen molar-refractivity contribution in [1.82, 2.24) is 14.4 Å². The largest absolute Gasteiger partial charge is 0.349 e. The molecule has 1 fully saturated rings. The van der Waals surface area contributed by atoms with Crippen molar-refractivity contribution in [2.24, 2.45) is 12.1 Å². The molecule has 0 spiro atoms. The number of aromatic nitrogens is 2. The first-order valence-corrected chi connectivity index (χ1v) is 11.0. The summed E-state index contributed by atoms with van der Waals surface area (Å²) < 4.78 is 3.56. The van der Waals surface area contributed by atoms with Gasteiger partial charge in [-0.05, 0) is 69.9 Å². The summed E-state index contributed by atoms with van der Waals surface area (Å²) in [7, 11) is 1.90. The van der Waals surface area contributed by atoms with Gasteiger partial charge in [0.2, 0.25) is 0 Å². The Labute approximate surface area is 183 Å². The molecule has 0 amide bonds. The SMILES string of the molecule is Cc1c(Nc2ccc(/C=N\N3[C@H](C)CCC[C@@H]3C)cc2)c(=O)n(-c2ccccc2)n1C. The molecular formula is C25H31N5O. The molecule has 1 N–H and O–H groups in total. The first-order valence-electron chi connectivity index (χ1n) is 11.0. The molecular weight excluding hydrogens is 386 g/mol. The van der Waals surface area contributed by atoms with Gasteiger partial charge in [0.25, 0.3) is 5.56 Å². The van der Waals surface area contributed by atoms with E-state index >= 15 is 0 Å². The Kier molecular flexibility index (Phi) is 5.98. The van der Waals surface area contributed by atoms with E-state index in [2.05, 4.69) is 24.2 Å². The van der Waals surface area contributed by atoms with Crippen LogP contribution in [0.5, 0.6) is 0 Å². The summed E-state index contributed by atoms with van der Waals surface area (Å²) >= 11 is 0. The predicted molar refractivity (Wildman–Crippen MR) is 128 cm³/mol. The molecule has 162 valence electrons. The fraction of sp³-hybridized carbons (Fsp3) is 0.360. The van der Waals surface area contributed by atoms with Gasteiger partial charge in [0.15, 0.2) is 0 Å². The Morgan fingerprint density at radius 1 is 1.00 bits per heavy atom. The van der Waals surface area contributed by atoms with Crippen molar-refractivity contribution < 1.29 is 0 Å². The summed E-state index contributed by atoms with van der Waals surface area (Å²) in [5, 5.41) is 10.3. The van der Waals surface area contributed by atoms with E-state index in [-0.39, 0.29) is 5.56 Å². The zero-order valence-electron chi connectivity index (χ0n) is 18.7. The average Bonchev–Trinajstić information content (AvgIpc) is 2.98. The summed E-state index contributed by atoms with van der Waals surface area (Å²) in [6, 6.07) is 18.7. The lowest BCUT2D eigenvalue weighted by atomic mass is 10.00. The molecule has 0 bridgehead atoms. The van der Waals surface area contributed by atoms with Gasteiger partial charge in [0.05, 0.1) is 17.6 Å². The van der Waals surface area contributed by atoms with Gasteiger partial charge in [-0.2, -0.15) is 5.10 Å². The molecule has 0 unspecified atom stereocenters. The molecule has 0 radical (unpaired) electrons. The van der Waals surface area contributed by atoms with Crippen molar-refractivity contribution in [3.8, 4) is 5.69 Å². The molecule has 2 atom stereocenters. The fourth-order valence-electron chi connectivity index (χ4n) is 4.28. The van der Waals surface area contributed by atoms with Crippen molar-refractivity contribution in [2.45, 2.75) is 52.1 Å². The summed E-state index contributed by atoms with van der Waals surface area (Å²) in [6.45, 7) is 6.43. The maximum Gasteiger partial charge on any atom is 0.295 e. The van der Waals surface area contributed by atoms with Gasteiger partial charge in [-0.1, -0.05) is 30.3 Å². The average molecular weight is 418 g/mol. The lowest BCUT2D eigenvalue weighted by molar-refractivity contribution is 0.109. The molecule has 2 aromatic carbocycles. The highest BCUT2D eigenvalue weighted by atomic mass is 16.1. The first-order chi connectivity index (χ1) is 15.0. The predicted octanol–water partition coefficient (Wildman–Crippen LogP) is 4.82. The Hall–Kier alpha value is -3.28. The van der Waals surface area contributed by atoms with E-state index in [0.29, 0.717) is 17.8 Å². The molecule has 6 nitrogen and oxygen atoms in total. The normalized spacial score (nSPS) is 19.2. The van der Waals surface area contributed by atoms with Crippen molar-refractivity contribution in [3.63, 3.8) is 0 Å². The van der Waals surface area contributed by atoms with Crippen molar-refractivity contribution in [2.75, 3.05) is 5.32 Å². The summed E-state index contributed by atoms with van der Waals surface area (Å²) in [6.07, 6.45) is 5.60. The van der Waals surface area contributed by atoms with Crippen LogP contribution in [-0.4, -0.2) is 32.7 Å². The molecule has 1 aliphatic heterocycles. The van der Waals surface area contributed by atoms with Crippen LogP contribution in [-0.2, 0) is 7.05 Å². The zero-order valence-corrected chi connectivity index (χ0v) is 18.7. The van der Waals surface area contributed by atoms with E-state index in [1.165, 1.54) is 19.3 Å². The quantitative estimate of drug-likeness (QED) is 0.605. The summed E-state index contributed by atoms with van der Waals surface area (Å²) in [5.41, 5.74) is 4.17. The molecule has 31 heavy (non-hydrogen) atoms. The lowest BCUT2D eigenvalue weighted by Crippen LogP contribution is -2.39. The Morgan fingerprint density at radius 3 is 2.29 bits per heavy atom. The number of nitrogens with one attached hydrogen (secondary N) is 1. The standard InChI is InChI=1S/C25H31N5O/c1-18-9-8-10-19(2)29(18)26-17-21-13-15-22(16-14-21)27-24-20(3)28(4)30(25(24)31)23-11-6-5-7-12-23/h5-7,11-19,27H,8-10H2,1-4H3/b26-17-/t18-,19+. The van der Waals surface area contributed by atoms with Gasteiger partial charge in [-0.15, -0.1) is 0 Å². The molecule has 1 aliphatic rings. The summed E-state index contributed by atoms with van der Waals surface area (Å²) in [5.74, 6) is 0. The molecule has 2 heterocycles. The number of hydrogen-bond donors (Lipinski definition) is 1. The van der Waals surface area contributed by atoms with Gasteiger partial charge in [0.1, 0.15) is 5.69 Å². The van der Waals surface area contributed by atoms with Crippen molar-refractivity contribution >= 4 is 17.6 Å². The number of para-hydroxylation sites is 1. The summed E-state index contributed by atoms with van der Waals surface area (Å²) in [4.78, 5) is 13.1. The van der Waals surface area contributed by atoms with Crippen LogP contribution in [0.4, 0.5) is 11.4 Å². The molecule has 1 saturated heterocycles. The first kappa shape index (κ1) is 21.0. The Balaban J connectivity index is 1.52. The number of hydrogen-bond acceptors (Lipinski definition) is 4. The fourth-order valence-corrected chi connectivity index (χ4v) is 4.28. The van der Waals surface area contributed by atoms with Crippen LogP contribution in [0, 0.1) is 6.92 Å². The van der Waals surface area contributed by atoms with Gasteiger partial charge in [-0.25, -0.2) is 4.68 Å². The molecule has 0 aliphatic carbocycles. The van der Waals surface area contributed by atoms with Gasteiger partial charge < -0.3 is 5.32 Å². The number of rotatable bonds is 5. The van der Waals surface area contributed by atoms with E-state index in [0.717, 1.165) is 22.6 Å². The molecule has 6 heteroatoms. The number of hydrazone groups is 1. The van der Waals surface area contributed by atoms with Crippen LogP contribution in [0.15, 0.2) is 64.5 Å². The highest BCUT2D eigenvalue weighted by Crippen LogP contribution is 2.23. The number of anilines is 2. The van der Waals surface area contributed by atoms with E-state index < -0.39 is 0 Å². The number of piperidine rings is 1. The van der Waals surface area contributed by atoms with Crippen LogP contribution >= 0.6 is 0 Å². The van der Waals surface area contributed by atoms with Gasteiger partial charge in [-0.3, -0.25) is 14.5 Å². The van der Waals surface area contributed by atoms with Crippen LogP contribution in [0.2, 0.25) is 0 Å². The maximum atomic E-state index is 13.1. The van der Waals surface area contributed by atoms with E-state index in [1.807, 2.05) is 79.5 Å². The number of nitrogens with zero attached hydrogens (tertiary/aromatic N) is 4. The van der Waals surface area contributed by atoms with E-state index in [4.69, 9.17) is 5.10 Å². The maximum absolute atomic E-state index is 13.1. The van der Waals surface area contributed by atoms with Gasteiger partial charge >= 0.3 is 0 Å². The second-order valence-corrected chi connectivity index (χ2v) is 8.44. The third-order valence-corrected chi connectivity index (χ3v) is 6.22. The molecule has 1 aromatic heterocycles. The van der Waals surface area contributed by atoms with Crippen LogP contribution in [0.25, 0.3) is 5.69 Å². The third kappa shape index (κ3) is 4.29.